The summed E-state index contributed by atoms with van der Waals surface area (Å²) in [5.41, 5.74) is 5.29. The van der Waals surface area contributed by atoms with Gasteiger partial charge in [0.05, 0.1) is 10.6 Å². The van der Waals surface area contributed by atoms with E-state index in [1.165, 1.54) is 12.1 Å². The molecule has 1 rings (SSSR count). The lowest BCUT2D eigenvalue weighted by molar-refractivity contribution is 0.495. The highest BCUT2D eigenvalue weighted by Gasteiger charge is 2.19. The highest BCUT2D eigenvalue weighted by Crippen LogP contribution is 2.17. The smallest absolute Gasteiger partial charge is 0.178 e. The lowest BCUT2D eigenvalue weighted by Crippen LogP contribution is -2.34. The number of nitrogens with two attached hydrogens (primary N) is 1. The predicted octanol–water partition coefficient (Wildman–Crippen LogP) is 2.24. The molecule has 0 fully saturated rings. The van der Waals surface area contributed by atoms with Crippen LogP contribution in [0.3, 0.4) is 0 Å². The molecule has 0 aliphatic rings. The van der Waals surface area contributed by atoms with Gasteiger partial charge in [0.25, 0.3) is 0 Å². The van der Waals surface area contributed by atoms with Crippen LogP contribution in [0.2, 0.25) is 5.02 Å². The molecule has 0 saturated carbocycles. The molecule has 0 radical (unpaired) electrons. The van der Waals surface area contributed by atoms with Crippen molar-refractivity contribution in [3.63, 3.8) is 0 Å². The third-order valence-corrected chi connectivity index (χ3v) is 4.17. The highest BCUT2D eigenvalue weighted by molar-refractivity contribution is 7.91. The van der Waals surface area contributed by atoms with Gasteiger partial charge in [-0.25, -0.2) is 8.42 Å². The van der Waals surface area contributed by atoms with Gasteiger partial charge in [-0.15, -0.1) is 0 Å². The Morgan fingerprint density at radius 2 is 1.75 bits per heavy atom. The summed E-state index contributed by atoms with van der Waals surface area (Å²) in [6.45, 7) is 3.62. The molecule has 0 bridgehead atoms. The number of hydrogen-bond donors (Lipinski definition) is 1. The first-order chi connectivity index (χ1) is 7.21. The Balaban J connectivity index is 2.83. The number of sulfone groups is 1. The molecule has 0 spiro atoms. The number of hydrogen-bond acceptors (Lipinski definition) is 3. The minimum atomic E-state index is -3.25. The average molecular weight is 262 g/mol. The van der Waals surface area contributed by atoms with Crippen molar-refractivity contribution in [2.75, 3.05) is 5.75 Å². The van der Waals surface area contributed by atoms with E-state index in [1.54, 1.807) is 12.1 Å². The van der Waals surface area contributed by atoms with E-state index in [0.29, 0.717) is 16.3 Å². The predicted molar refractivity (Wildman–Crippen MR) is 66.4 cm³/mol. The maximum atomic E-state index is 11.9. The standard InChI is InChI=1S/C11H16ClNO2S/c1-11(2,13)7-8-16(14,15)10-5-3-9(12)4-6-10/h3-6H,7-8,13H2,1-2H3. The van der Waals surface area contributed by atoms with E-state index in [2.05, 4.69) is 0 Å². The topological polar surface area (TPSA) is 60.2 Å². The summed E-state index contributed by atoms with van der Waals surface area (Å²) in [6.07, 6.45) is 0.429. The summed E-state index contributed by atoms with van der Waals surface area (Å²) in [6, 6.07) is 6.17. The number of halogens is 1. The van der Waals surface area contributed by atoms with E-state index < -0.39 is 15.4 Å². The Bertz CT molecular complexity index is 446. The fourth-order valence-electron chi connectivity index (χ4n) is 1.16. The third kappa shape index (κ3) is 4.12. The maximum absolute atomic E-state index is 11.9. The monoisotopic (exact) mass is 261 g/mol. The van der Waals surface area contributed by atoms with Gasteiger partial charge in [-0.05, 0) is 44.5 Å². The maximum Gasteiger partial charge on any atom is 0.178 e. The molecule has 1 aromatic carbocycles. The molecule has 0 heterocycles. The van der Waals surface area contributed by atoms with Crippen molar-refractivity contribution in [1.82, 2.24) is 0 Å². The zero-order valence-electron chi connectivity index (χ0n) is 9.40. The Morgan fingerprint density at radius 1 is 1.25 bits per heavy atom. The third-order valence-electron chi connectivity index (χ3n) is 2.19. The zero-order chi connectivity index (χ0) is 12.4. The molecule has 90 valence electrons. The van der Waals surface area contributed by atoms with E-state index in [0.717, 1.165) is 0 Å². The Kier molecular flexibility index (Phi) is 3.99. The molecule has 0 amide bonds. The molecule has 5 heteroatoms. The zero-order valence-corrected chi connectivity index (χ0v) is 11.0. The van der Waals surface area contributed by atoms with E-state index in [9.17, 15) is 8.42 Å². The van der Waals surface area contributed by atoms with E-state index >= 15 is 0 Å². The molecule has 0 saturated heterocycles. The normalized spacial score (nSPS) is 12.8. The van der Waals surface area contributed by atoms with Crippen LogP contribution in [-0.2, 0) is 9.84 Å². The first-order valence-corrected chi connectivity index (χ1v) is 7.01. The SMILES string of the molecule is CC(C)(N)CCS(=O)(=O)c1ccc(Cl)cc1. The Labute approximate surface area is 102 Å². The van der Waals surface area contributed by atoms with Gasteiger partial charge in [0.1, 0.15) is 0 Å². The fourth-order valence-corrected chi connectivity index (χ4v) is 2.86. The first-order valence-electron chi connectivity index (χ1n) is 4.98. The molecule has 0 atom stereocenters. The van der Waals surface area contributed by atoms with Gasteiger partial charge < -0.3 is 5.73 Å². The second kappa shape index (κ2) is 4.73. The van der Waals surface area contributed by atoms with Crippen molar-refractivity contribution in [2.24, 2.45) is 5.73 Å². The Morgan fingerprint density at radius 3 is 2.19 bits per heavy atom. The lowest BCUT2D eigenvalue weighted by atomic mass is 10.0. The Hall–Kier alpha value is -0.580. The number of rotatable bonds is 4. The molecule has 3 nitrogen and oxygen atoms in total. The van der Waals surface area contributed by atoms with E-state index in [1.807, 2.05) is 13.8 Å². The number of benzene rings is 1. The molecule has 0 unspecified atom stereocenters. The fraction of sp³-hybridized carbons (Fsp3) is 0.455. The van der Waals surface area contributed by atoms with Gasteiger partial charge in [-0.3, -0.25) is 0 Å². The van der Waals surface area contributed by atoms with Crippen LogP contribution < -0.4 is 5.73 Å². The molecule has 2 N–H and O–H groups in total. The van der Waals surface area contributed by atoms with Gasteiger partial charge >= 0.3 is 0 Å². The van der Waals surface area contributed by atoms with E-state index in [-0.39, 0.29) is 5.75 Å². The summed E-state index contributed by atoms with van der Waals surface area (Å²) in [7, 11) is -3.25. The molecule has 1 aromatic rings. The molecule has 16 heavy (non-hydrogen) atoms. The van der Waals surface area contributed by atoms with E-state index in [4.69, 9.17) is 17.3 Å². The van der Waals surface area contributed by atoms with Crippen LogP contribution >= 0.6 is 11.6 Å². The van der Waals surface area contributed by atoms with Crippen molar-refractivity contribution in [3.05, 3.63) is 29.3 Å². The molecule has 0 aliphatic heterocycles. The van der Waals surface area contributed by atoms with Gasteiger partial charge in [0.2, 0.25) is 0 Å². The van der Waals surface area contributed by atoms with Gasteiger partial charge in [0, 0.05) is 10.6 Å². The largest absolute Gasteiger partial charge is 0.326 e. The summed E-state index contributed by atoms with van der Waals surface area (Å²) < 4.78 is 23.8. The molecule has 0 aromatic heterocycles. The summed E-state index contributed by atoms with van der Waals surface area (Å²) >= 11 is 5.70. The van der Waals surface area contributed by atoms with Crippen LogP contribution in [0, 0.1) is 0 Å². The molecular weight excluding hydrogens is 246 g/mol. The van der Waals surface area contributed by atoms with Crippen LogP contribution in [0.1, 0.15) is 20.3 Å². The van der Waals surface area contributed by atoms with Gasteiger partial charge in [-0.2, -0.15) is 0 Å². The van der Waals surface area contributed by atoms with Crippen molar-refractivity contribution >= 4 is 21.4 Å². The van der Waals surface area contributed by atoms with Crippen LogP contribution in [0.5, 0.6) is 0 Å². The quantitative estimate of drug-likeness (QED) is 0.904. The molecular formula is C11H16ClNO2S. The first kappa shape index (κ1) is 13.5. The minimum absolute atomic E-state index is 0.0537. The molecule has 0 aliphatic carbocycles. The van der Waals surface area contributed by atoms with Crippen molar-refractivity contribution in [3.8, 4) is 0 Å². The van der Waals surface area contributed by atoms with Crippen LogP contribution in [0.4, 0.5) is 0 Å². The van der Waals surface area contributed by atoms with Crippen LogP contribution in [0.25, 0.3) is 0 Å². The van der Waals surface area contributed by atoms with Crippen molar-refractivity contribution in [1.29, 1.82) is 0 Å². The summed E-state index contributed by atoms with van der Waals surface area (Å²) in [4.78, 5) is 0.293. The van der Waals surface area contributed by atoms with Crippen molar-refractivity contribution < 1.29 is 8.42 Å². The average Bonchev–Trinajstić information content (AvgIpc) is 2.15. The van der Waals surface area contributed by atoms with Crippen LogP contribution in [-0.4, -0.2) is 19.7 Å². The summed E-state index contributed by atoms with van der Waals surface area (Å²) in [5.74, 6) is 0.0537. The summed E-state index contributed by atoms with van der Waals surface area (Å²) in [5, 5.41) is 0.526. The second-order valence-corrected chi connectivity index (χ2v) is 7.06. The van der Waals surface area contributed by atoms with Gasteiger partial charge in [0.15, 0.2) is 9.84 Å². The highest BCUT2D eigenvalue weighted by atomic mass is 35.5. The second-order valence-electron chi connectivity index (χ2n) is 4.51. The van der Waals surface area contributed by atoms with Crippen molar-refractivity contribution in [2.45, 2.75) is 30.7 Å². The minimum Gasteiger partial charge on any atom is -0.326 e. The lowest BCUT2D eigenvalue weighted by Gasteiger charge is -2.17. The van der Waals surface area contributed by atoms with Crippen LogP contribution in [0.15, 0.2) is 29.2 Å². The van der Waals surface area contributed by atoms with Gasteiger partial charge in [-0.1, -0.05) is 11.6 Å².